The maximum absolute atomic E-state index is 12.5. The van der Waals surface area contributed by atoms with Gasteiger partial charge in [0.1, 0.15) is 4.60 Å². The van der Waals surface area contributed by atoms with Crippen LogP contribution in [0.3, 0.4) is 0 Å². The number of likely N-dealkylation sites (tertiary alicyclic amines) is 1. The summed E-state index contributed by atoms with van der Waals surface area (Å²) in [5.41, 5.74) is 5.36. The largest absolute Gasteiger partial charge is 0.382 e. The third kappa shape index (κ3) is 4.52. The van der Waals surface area contributed by atoms with Gasteiger partial charge in [-0.2, -0.15) is 5.10 Å². The fourth-order valence-corrected chi connectivity index (χ4v) is 4.74. The lowest BCUT2D eigenvalue weighted by Gasteiger charge is -2.29. The van der Waals surface area contributed by atoms with Crippen LogP contribution in [0.4, 0.5) is 5.69 Å². The van der Waals surface area contributed by atoms with Crippen LogP contribution in [-0.4, -0.2) is 58.1 Å². The van der Waals surface area contributed by atoms with Crippen molar-refractivity contribution in [1.82, 2.24) is 24.8 Å². The highest BCUT2D eigenvalue weighted by molar-refractivity contribution is 9.10. The van der Waals surface area contributed by atoms with E-state index in [0.29, 0.717) is 12.0 Å². The van der Waals surface area contributed by atoms with E-state index in [2.05, 4.69) is 48.6 Å². The van der Waals surface area contributed by atoms with Crippen LogP contribution in [0.1, 0.15) is 41.6 Å². The van der Waals surface area contributed by atoms with Gasteiger partial charge in [-0.3, -0.25) is 4.79 Å². The molecule has 1 aromatic carbocycles. The number of nitrogens with one attached hydrogen (secondary N) is 2. The molecule has 0 radical (unpaired) electrons. The number of fused-ring (bicyclic) bond motifs is 1. The van der Waals surface area contributed by atoms with Crippen LogP contribution in [0, 0.1) is 12.8 Å². The molecule has 1 amide bonds. The number of hydrogen-bond acceptors (Lipinski definition) is 5. The molecule has 0 unspecified atom stereocenters. The highest BCUT2D eigenvalue weighted by atomic mass is 79.9. The first-order valence-electron chi connectivity index (χ1n) is 11.4. The van der Waals surface area contributed by atoms with Gasteiger partial charge in [0.05, 0.1) is 17.6 Å². The summed E-state index contributed by atoms with van der Waals surface area (Å²) in [5.74, 6) is 0.681. The van der Waals surface area contributed by atoms with Gasteiger partial charge in [-0.25, -0.2) is 9.50 Å². The van der Waals surface area contributed by atoms with Crippen LogP contribution in [0.15, 0.2) is 35.1 Å². The zero-order valence-electron chi connectivity index (χ0n) is 18.6. The van der Waals surface area contributed by atoms with Crippen molar-refractivity contribution in [3.63, 3.8) is 0 Å². The number of carbonyl (C=O) groups is 1. The maximum Gasteiger partial charge on any atom is 0.251 e. The zero-order valence-corrected chi connectivity index (χ0v) is 20.2. The third-order valence-electron chi connectivity index (χ3n) is 6.54. The van der Waals surface area contributed by atoms with E-state index in [0.717, 1.165) is 70.8 Å². The van der Waals surface area contributed by atoms with Gasteiger partial charge in [0.2, 0.25) is 0 Å². The molecule has 3 aromatic rings. The molecule has 5 rings (SSSR count). The molecule has 168 valence electrons. The van der Waals surface area contributed by atoms with E-state index in [1.807, 2.05) is 41.9 Å². The molecule has 0 bridgehead atoms. The van der Waals surface area contributed by atoms with Crippen molar-refractivity contribution < 1.29 is 4.79 Å². The van der Waals surface area contributed by atoms with Gasteiger partial charge in [-0.15, -0.1) is 0 Å². The summed E-state index contributed by atoms with van der Waals surface area (Å²) in [7, 11) is 2.19. The molecule has 2 aliphatic rings. The fourth-order valence-electron chi connectivity index (χ4n) is 4.35. The van der Waals surface area contributed by atoms with E-state index in [9.17, 15) is 4.79 Å². The van der Waals surface area contributed by atoms with Gasteiger partial charge in [0, 0.05) is 23.7 Å². The topological polar surface area (TPSA) is 74.6 Å². The van der Waals surface area contributed by atoms with Crippen molar-refractivity contribution in [3.05, 3.63) is 46.2 Å². The lowest BCUT2D eigenvalue weighted by atomic mass is 9.97. The Labute approximate surface area is 196 Å². The van der Waals surface area contributed by atoms with Gasteiger partial charge < -0.3 is 15.5 Å². The van der Waals surface area contributed by atoms with Gasteiger partial charge in [-0.05, 0) is 98.4 Å². The Morgan fingerprint density at radius 1 is 1.19 bits per heavy atom. The summed E-state index contributed by atoms with van der Waals surface area (Å²) < 4.78 is 2.63. The number of amides is 1. The second-order valence-corrected chi connectivity index (χ2v) is 9.98. The summed E-state index contributed by atoms with van der Waals surface area (Å²) in [6.07, 6.45) is 6.45. The van der Waals surface area contributed by atoms with E-state index in [1.165, 1.54) is 12.8 Å². The van der Waals surface area contributed by atoms with E-state index >= 15 is 0 Å². The molecule has 2 N–H and O–H groups in total. The number of halogens is 1. The van der Waals surface area contributed by atoms with E-state index in [4.69, 9.17) is 0 Å². The van der Waals surface area contributed by atoms with Crippen molar-refractivity contribution in [2.24, 2.45) is 5.92 Å². The van der Waals surface area contributed by atoms with Crippen molar-refractivity contribution in [2.75, 3.05) is 32.0 Å². The molecule has 1 saturated heterocycles. The maximum atomic E-state index is 12.5. The molecule has 2 aromatic heterocycles. The first-order chi connectivity index (χ1) is 15.5. The predicted molar refractivity (Wildman–Crippen MR) is 130 cm³/mol. The monoisotopic (exact) mass is 496 g/mol. The van der Waals surface area contributed by atoms with Gasteiger partial charge in [0.15, 0.2) is 5.65 Å². The number of hydrogen-bond donors (Lipinski definition) is 2. The molecule has 7 nitrogen and oxygen atoms in total. The number of imidazole rings is 1. The minimum absolute atomic E-state index is 0.0101. The zero-order chi connectivity index (χ0) is 22.2. The smallest absolute Gasteiger partial charge is 0.251 e. The third-order valence-corrected chi connectivity index (χ3v) is 6.92. The summed E-state index contributed by atoms with van der Waals surface area (Å²) in [5, 5.41) is 11.3. The molecule has 8 heteroatoms. The minimum Gasteiger partial charge on any atom is -0.382 e. The van der Waals surface area contributed by atoms with Gasteiger partial charge in [-0.1, -0.05) is 6.07 Å². The fraction of sp³-hybridized carbons (Fsp3) is 0.458. The molecule has 1 aliphatic carbocycles. The van der Waals surface area contributed by atoms with E-state index in [1.54, 1.807) is 0 Å². The standard InChI is InChI=1S/C24H29BrN6O/c1-15-11-17(3-6-19(15)24(32)28-18-4-5-18)21-14-27-23-20(12-22(25)29-31(21)23)26-13-16-7-9-30(2)10-8-16/h3,6,11-12,14,16,18,26H,4-5,7-10,13H2,1-2H3,(H,28,32). The van der Waals surface area contributed by atoms with E-state index in [-0.39, 0.29) is 5.91 Å². The Kier molecular flexibility index (Phi) is 5.90. The van der Waals surface area contributed by atoms with Crippen LogP contribution >= 0.6 is 15.9 Å². The molecule has 3 heterocycles. The quantitative estimate of drug-likeness (QED) is 0.536. The Hall–Kier alpha value is -2.45. The molecule has 32 heavy (non-hydrogen) atoms. The summed E-state index contributed by atoms with van der Waals surface area (Å²) in [6, 6.07) is 8.27. The van der Waals surface area contributed by atoms with E-state index < -0.39 is 0 Å². The number of aryl methyl sites for hydroxylation is 1. The molecule has 2 fully saturated rings. The second-order valence-electron chi connectivity index (χ2n) is 9.16. The summed E-state index contributed by atoms with van der Waals surface area (Å²) >= 11 is 3.56. The molecule has 0 spiro atoms. The van der Waals surface area contributed by atoms with Crippen LogP contribution < -0.4 is 10.6 Å². The molecule has 1 saturated carbocycles. The van der Waals surface area contributed by atoms with Crippen molar-refractivity contribution in [2.45, 2.75) is 38.6 Å². The van der Waals surface area contributed by atoms with Gasteiger partial charge >= 0.3 is 0 Å². The molecule has 1 aliphatic heterocycles. The molecular weight excluding hydrogens is 468 g/mol. The average Bonchev–Trinajstić information content (AvgIpc) is 3.48. The second kappa shape index (κ2) is 8.83. The number of nitrogens with zero attached hydrogens (tertiary/aromatic N) is 4. The normalized spacial score (nSPS) is 17.6. The van der Waals surface area contributed by atoms with Gasteiger partial charge in [0.25, 0.3) is 5.91 Å². The molecular formula is C24H29BrN6O. The lowest BCUT2D eigenvalue weighted by Crippen LogP contribution is -2.33. The minimum atomic E-state index is 0.0101. The number of aromatic nitrogens is 3. The van der Waals surface area contributed by atoms with Crippen LogP contribution in [0.5, 0.6) is 0 Å². The average molecular weight is 497 g/mol. The number of piperidine rings is 1. The number of benzene rings is 1. The Morgan fingerprint density at radius 3 is 2.69 bits per heavy atom. The Balaban J connectivity index is 1.39. The lowest BCUT2D eigenvalue weighted by molar-refractivity contribution is 0.0950. The van der Waals surface area contributed by atoms with Crippen molar-refractivity contribution in [3.8, 4) is 11.3 Å². The van der Waals surface area contributed by atoms with Crippen LogP contribution in [-0.2, 0) is 0 Å². The van der Waals surface area contributed by atoms with Crippen LogP contribution in [0.2, 0.25) is 0 Å². The van der Waals surface area contributed by atoms with Crippen molar-refractivity contribution >= 4 is 33.2 Å². The first-order valence-corrected chi connectivity index (χ1v) is 12.2. The summed E-state index contributed by atoms with van der Waals surface area (Å²) in [6.45, 7) is 5.23. The number of rotatable bonds is 6. The predicted octanol–water partition coefficient (Wildman–Crippen LogP) is 4.11. The number of anilines is 1. The Morgan fingerprint density at radius 2 is 1.97 bits per heavy atom. The first kappa shape index (κ1) is 21.4. The highest BCUT2D eigenvalue weighted by Crippen LogP contribution is 2.28. The SMILES string of the molecule is Cc1cc(-c2cnc3c(NCC4CCN(C)CC4)cc(Br)nn23)ccc1C(=O)NC1CC1. The van der Waals surface area contributed by atoms with Crippen molar-refractivity contribution in [1.29, 1.82) is 0 Å². The van der Waals surface area contributed by atoms with Crippen LogP contribution in [0.25, 0.3) is 16.9 Å². The summed E-state index contributed by atoms with van der Waals surface area (Å²) in [4.78, 5) is 19.5. The Bertz CT molecular complexity index is 1150. The molecule has 0 atom stereocenters. The highest BCUT2D eigenvalue weighted by Gasteiger charge is 2.24. The number of carbonyl (C=O) groups excluding carboxylic acids is 1.